The number of nitrogens with one attached hydrogen (secondary N) is 2. The number of likely N-dealkylation sites (N-methyl/N-ethyl adjacent to an activating group) is 2. The highest BCUT2D eigenvalue weighted by Crippen LogP contribution is 2.38. The molecule has 4 aromatic rings. The second-order valence-electron chi connectivity index (χ2n) is 11.1. The molecule has 0 aliphatic heterocycles. The quantitative estimate of drug-likeness (QED) is 0.255. The Hall–Kier alpha value is -5.33. The largest absolute Gasteiger partial charge is 0.494 e. The van der Waals surface area contributed by atoms with Crippen LogP contribution >= 0.6 is 0 Å². The van der Waals surface area contributed by atoms with Gasteiger partial charge in [-0.15, -0.1) is 0 Å². The molecule has 0 bridgehead atoms. The number of nitrogens with zero attached hydrogens (tertiary/aromatic N) is 6. The molecule has 2 aromatic carbocycles. The van der Waals surface area contributed by atoms with E-state index in [-0.39, 0.29) is 11.6 Å². The van der Waals surface area contributed by atoms with Crippen LogP contribution in [0.15, 0.2) is 66.1 Å². The molecule has 44 heavy (non-hydrogen) atoms. The summed E-state index contributed by atoms with van der Waals surface area (Å²) in [5.41, 5.74) is 2.20. The molecule has 0 saturated carbocycles. The number of anilines is 4. The molecular weight excluding hydrogens is 564 g/mol. The minimum Gasteiger partial charge on any atom is -0.494 e. The van der Waals surface area contributed by atoms with Gasteiger partial charge < -0.3 is 29.9 Å². The highest BCUT2D eigenvalue weighted by atomic mass is 16.6. The molecular formula is C31H38N8O5. The average Bonchev–Trinajstić information content (AvgIpc) is 3.24. The van der Waals surface area contributed by atoms with E-state index in [1.54, 1.807) is 43.1 Å². The van der Waals surface area contributed by atoms with Gasteiger partial charge in [0.25, 0.3) is 0 Å². The Kier molecular flexibility index (Phi) is 9.26. The van der Waals surface area contributed by atoms with Crippen LogP contribution < -0.4 is 26.0 Å². The first-order valence-corrected chi connectivity index (χ1v) is 13.9. The molecule has 232 valence electrons. The van der Waals surface area contributed by atoms with Crippen LogP contribution in [0.5, 0.6) is 5.75 Å². The predicted octanol–water partition coefficient (Wildman–Crippen LogP) is 4.30. The van der Waals surface area contributed by atoms with Crippen LogP contribution in [0.3, 0.4) is 0 Å². The molecule has 4 rings (SSSR count). The number of ether oxygens (including phenoxy) is 2. The van der Waals surface area contributed by atoms with Gasteiger partial charge in [0.1, 0.15) is 17.2 Å². The summed E-state index contributed by atoms with van der Waals surface area (Å²) in [6.45, 7) is 9.78. The Bertz CT molecular complexity index is 1750. The topological polar surface area (TPSA) is 136 Å². The fourth-order valence-corrected chi connectivity index (χ4v) is 4.46. The Balaban J connectivity index is 1.65. The van der Waals surface area contributed by atoms with Crippen LogP contribution in [0.1, 0.15) is 20.8 Å². The summed E-state index contributed by atoms with van der Waals surface area (Å²) in [5, 5.41) is 6.00. The van der Waals surface area contributed by atoms with Crippen molar-refractivity contribution in [1.82, 2.24) is 24.0 Å². The first kappa shape index (κ1) is 31.6. The Morgan fingerprint density at radius 1 is 1.07 bits per heavy atom. The number of hydrogen-bond donors (Lipinski definition) is 2. The smallest absolute Gasteiger partial charge is 0.410 e. The number of benzene rings is 2. The molecule has 0 spiro atoms. The lowest BCUT2D eigenvalue weighted by Gasteiger charge is -2.28. The molecule has 13 nitrogen and oxygen atoms in total. The van der Waals surface area contributed by atoms with Gasteiger partial charge in [0.2, 0.25) is 11.9 Å². The van der Waals surface area contributed by atoms with Crippen molar-refractivity contribution in [3.8, 4) is 11.6 Å². The Labute approximate surface area is 255 Å². The van der Waals surface area contributed by atoms with Crippen molar-refractivity contribution in [3.05, 3.63) is 71.8 Å². The zero-order valence-corrected chi connectivity index (χ0v) is 26.0. The number of rotatable bonds is 10. The van der Waals surface area contributed by atoms with Gasteiger partial charge in [-0.25, -0.2) is 19.1 Å². The van der Waals surface area contributed by atoms with Crippen LogP contribution in [-0.4, -0.2) is 75.9 Å². The van der Waals surface area contributed by atoms with E-state index in [1.165, 1.54) is 22.7 Å². The van der Waals surface area contributed by atoms with E-state index in [2.05, 4.69) is 27.2 Å². The molecule has 0 aliphatic carbocycles. The Morgan fingerprint density at radius 2 is 1.77 bits per heavy atom. The number of methoxy groups -OCH3 is 1. The monoisotopic (exact) mass is 602 g/mol. The number of fused-ring (bicyclic) bond motifs is 1. The van der Waals surface area contributed by atoms with Crippen molar-refractivity contribution >= 4 is 46.0 Å². The first-order valence-electron chi connectivity index (χ1n) is 13.9. The summed E-state index contributed by atoms with van der Waals surface area (Å²) < 4.78 is 14.2. The molecule has 2 aromatic heterocycles. The number of imidazole rings is 1. The summed E-state index contributed by atoms with van der Waals surface area (Å²) in [7, 11) is 6.73. The van der Waals surface area contributed by atoms with Gasteiger partial charge in [0.05, 0.1) is 35.2 Å². The molecule has 2 N–H and O–H groups in total. The third kappa shape index (κ3) is 7.00. The second kappa shape index (κ2) is 12.9. The average molecular weight is 603 g/mol. The molecule has 0 saturated heterocycles. The summed E-state index contributed by atoms with van der Waals surface area (Å²) in [6, 6.07) is 12.6. The second-order valence-corrected chi connectivity index (χ2v) is 11.1. The van der Waals surface area contributed by atoms with E-state index in [9.17, 15) is 14.4 Å². The third-order valence-corrected chi connectivity index (χ3v) is 6.73. The van der Waals surface area contributed by atoms with Crippen molar-refractivity contribution in [1.29, 1.82) is 0 Å². The van der Waals surface area contributed by atoms with Crippen LogP contribution in [0, 0.1) is 0 Å². The SMILES string of the molecule is C=CC(=O)Nc1cc(Nc2nccc(-n3c(=O)n(C)c4ccccc43)n2)c(OC)cc1N(C)CCN(C)C(=O)OC(C)(C)C. The van der Waals surface area contributed by atoms with Gasteiger partial charge >= 0.3 is 11.8 Å². The number of para-hydroxylation sites is 2. The first-order chi connectivity index (χ1) is 20.8. The van der Waals surface area contributed by atoms with E-state index >= 15 is 0 Å². The van der Waals surface area contributed by atoms with Crippen molar-refractivity contribution < 1.29 is 19.1 Å². The van der Waals surface area contributed by atoms with Crippen molar-refractivity contribution in [2.24, 2.45) is 7.05 Å². The summed E-state index contributed by atoms with van der Waals surface area (Å²) in [6.07, 6.45) is 2.29. The molecule has 0 unspecified atom stereocenters. The predicted molar refractivity (Wildman–Crippen MR) is 171 cm³/mol. The van der Waals surface area contributed by atoms with E-state index in [0.717, 1.165) is 5.52 Å². The highest BCUT2D eigenvalue weighted by Gasteiger charge is 2.21. The highest BCUT2D eigenvalue weighted by molar-refractivity contribution is 6.02. The van der Waals surface area contributed by atoms with Gasteiger partial charge in [-0.1, -0.05) is 18.7 Å². The Morgan fingerprint density at radius 3 is 2.43 bits per heavy atom. The molecule has 0 radical (unpaired) electrons. The molecule has 13 heteroatoms. The maximum atomic E-state index is 13.1. The maximum Gasteiger partial charge on any atom is 0.410 e. The lowest BCUT2D eigenvalue weighted by molar-refractivity contribution is -0.111. The normalized spacial score (nSPS) is 11.2. The summed E-state index contributed by atoms with van der Waals surface area (Å²) >= 11 is 0. The maximum absolute atomic E-state index is 13.1. The lowest BCUT2D eigenvalue weighted by atomic mass is 10.2. The molecule has 0 aliphatic rings. The van der Waals surface area contributed by atoms with E-state index in [0.29, 0.717) is 47.2 Å². The van der Waals surface area contributed by atoms with Gasteiger partial charge in [0.15, 0.2) is 0 Å². The van der Waals surface area contributed by atoms with Gasteiger partial charge in [-0.2, -0.15) is 4.98 Å². The minimum absolute atomic E-state index is 0.210. The standard InChI is InChI=1S/C31H38N8O5/c1-9-27(40)33-20-18-21(25(43-8)19-24(20)36(5)16-17-37(6)30(42)44-31(2,3)4)34-28-32-15-14-26(35-28)39-23-13-11-10-12-22(23)38(7)29(39)41/h9-15,18-19H,1,16-17H2,2-8H3,(H,33,40)(H,32,34,35). The number of carbonyl (C=O) groups excluding carboxylic acids is 2. The van der Waals surface area contributed by atoms with Crippen LogP contribution in [0.4, 0.5) is 27.8 Å². The molecule has 0 fully saturated rings. The fourth-order valence-electron chi connectivity index (χ4n) is 4.46. The molecule has 2 amide bonds. The van der Waals surface area contributed by atoms with Crippen molar-refractivity contribution in [3.63, 3.8) is 0 Å². The van der Waals surface area contributed by atoms with E-state index < -0.39 is 17.6 Å². The van der Waals surface area contributed by atoms with Crippen molar-refractivity contribution in [2.75, 3.05) is 49.8 Å². The van der Waals surface area contributed by atoms with Gasteiger partial charge in [-0.05, 0) is 45.0 Å². The zero-order valence-electron chi connectivity index (χ0n) is 26.0. The number of hydrogen-bond acceptors (Lipinski definition) is 9. The van der Waals surface area contributed by atoms with Gasteiger partial charge in [0, 0.05) is 52.6 Å². The van der Waals surface area contributed by atoms with Crippen LogP contribution in [0.2, 0.25) is 0 Å². The minimum atomic E-state index is -0.607. The fraction of sp³-hybridized carbons (Fsp3) is 0.323. The van der Waals surface area contributed by atoms with Crippen LogP contribution in [-0.2, 0) is 16.6 Å². The summed E-state index contributed by atoms with van der Waals surface area (Å²) in [5.74, 6) is 0.631. The van der Waals surface area contributed by atoms with E-state index in [1.807, 2.05) is 57.0 Å². The van der Waals surface area contributed by atoms with Crippen molar-refractivity contribution in [2.45, 2.75) is 26.4 Å². The number of amides is 2. The number of carbonyl (C=O) groups is 2. The lowest BCUT2D eigenvalue weighted by Crippen LogP contribution is -2.38. The molecule has 2 heterocycles. The zero-order chi connectivity index (χ0) is 32.2. The third-order valence-electron chi connectivity index (χ3n) is 6.73. The van der Waals surface area contributed by atoms with Gasteiger partial charge in [-0.3, -0.25) is 9.36 Å². The summed E-state index contributed by atoms with van der Waals surface area (Å²) in [4.78, 5) is 50.2. The van der Waals surface area contributed by atoms with E-state index in [4.69, 9.17) is 9.47 Å². The molecule has 0 atom stereocenters. The number of aryl methyl sites for hydroxylation is 1. The number of aromatic nitrogens is 4. The van der Waals surface area contributed by atoms with Crippen LogP contribution in [0.25, 0.3) is 16.9 Å².